The summed E-state index contributed by atoms with van der Waals surface area (Å²) >= 11 is 0. The first-order valence-corrected chi connectivity index (χ1v) is 9.10. The maximum atomic E-state index is 13.6. The third-order valence-electron chi connectivity index (χ3n) is 5.83. The number of hydrogen-bond acceptors (Lipinski definition) is 3. The molecule has 0 bridgehead atoms. The van der Waals surface area contributed by atoms with E-state index < -0.39 is 29.5 Å². The second kappa shape index (κ2) is 6.65. The molecule has 1 atom stereocenters. The van der Waals surface area contributed by atoms with Gasteiger partial charge in [0.05, 0.1) is 6.61 Å². The van der Waals surface area contributed by atoms with Crippen molar-refractivity contribution in [3.8, 4) is 0 Å². The second-order valence-electron chi connectivity index (χ2n) is 8.44. The van der Waals surface area contributed by atoms with Gasteiger partial charge < -0.3 is 9.84 Å². The van der Waals surface area contributed by atoms with Gasteiger partial charge in [0.1, 0.15) is 11.5 Å². The molecule has 1 heterocycles. The highest BCUT2D eigenvalue weighted by Gasteiger charge is 2.54. The van der Waals surface area contributed by atoms with Crippen molar-refractivity contribution in [2.24, 2.45) is 11.3 Å². The first-order chi connectivity index (χ1) is 12.1. The predicted octanol–water partition coefficient (Wildman–Crippen LogP) is 3.68. The Balaban J connectivity index is 1.90. The molecule has 1 N–H and O–H groups in total. The van der Waals surface area contributed by atoms with E-state index >= 15 is 0 Å². The molecule has 26 heavy (non-hydrogen) atoms. The molecular formula is C20H26FNO4. The van der Waals surface area contributed by atoms with E-state index in [0.717, 1.165) is 18.9 Å². The van der Waals surface area contributed by atoms with Crippen LogP contribution in [0.5, 0.6) is 0 Å². The van der Waals surface area contributed by atoms with Crippen LogP contribution in [-0.2, 0) is 9.53 Å². The smallest absolute Gasteiger partial charge is 0.328 e. The molecule has 2 aliphatic rings. The number of amides is 1. The number of ether oxygens (including phenoxy) is 1. The molecule has 1 amide bonds. The summed E-state index contributed by atoms with van der Waals surface area (Å²) in [6, 6.07) is 4.33. The van der Waals surface area contributed by atoms with Crippen LogP contribution < -0.4 is 0 Å². The largest absolute Gasteiger partial charge is 0.480 e. The molecule has 6 heteroatoms. The van der Waals surface area contributed by atoms with E-state index in [0.29, 0.717) is 18.8 Å². The minimum Gasteiger partial charge on any atom is -0.480 e. The normalized spacial score (nSPS) is 29.2. The van der Waals surface area contributed by atoms with Crippen molar-refractivity contribution >= 4 is 11.9 Å². The van der Waals surface area contributed by atoms with Gasteiger partial charge in [-0.1, -0.05) is 26.8 Å². The summed E-state index contributed by atoms with van der Waals surface area (Å²) in [6.45, 7) is 6.55. The Bertz CT molecular complexity index is 704. The summed E-state index contributed by atoms with van der Waals surface area (Å²) in [5.41, 5.74) is -0.600. The lowest BCUT2D eigenvalue weighted by Crippen LogP contribution is -2.55. The number of carbonyl (C=O) groups is 2. The van der Waals surface area contributed by atoms with Crippen LogP contribution in [0.15, 0.2) is 24.3 Å². The minimum absolute atomic E-state index is 0.0312. The monoisotopic (exact) mass is 363 g/mol. The van der Waals surface area contributed by atoms with Gasteiger partial charge in [-0.15, -0.1) is 0 Å². The van der Waals surface area contributed by atoms with Crippen molar-refractivity contribution in [1.29, 1.82) is 0 Å². The molecule has 5 nitrogen and oxygen atoms in total. The van der Waals surface area contributed by atoms with Gasteiger partial charge in [0.15, 0.2) is 6.04 Å². The average molecular weight is 363 g/mol. The van der Waals surface area contributed by atoms with E-state index in [1.165, 1.54) is 23.1 Å². The lowest BCUT2D eigenvalue weighted by atomic mass is 9.70. The first-order valence-electron chi connectivity index (χ1n) is 9.10. The molecule has 1 aliphatic heterocycles. The van der Waals surface area contributed by atoms with E-state index in [9.17, 15) is 19.1 Å². The summed E-state index contributed by atoms with van der Waals surface area (Å²) in [4.78, 5) is 26.1. The lowest BCUT2D eigenvalue weighted by molar-refractivity contribution is -0.144. The molecule has 0 radical (unpaired) electrons. The van der Waals surface area contributed by atoms with Crippen molar-refractivity contribution in [1.82, 2.24) is 4.90 Å². The molecule has 1 aromatic rings. The molecular weight excluding hydrogens is 337 g/mol. The summed E-state index contributed by atoms with van der Waals surface area (Å²) in [7, 11) is 0. The Labute approximate surface area is 153 Å². The number of carboxylic acid groups (broad SMARTS) is 1. The zero-order valence-corrected chi connectivity index (χ0v) is 15.5. The molecule has 1 aliphatic carbocycles. The summed E-state index contributed by atoms with van der Waals surface area (Å²) in [5.74, 6) is -1.60. The van der Waals surface area contributed by atoms with Crippen molar-refractivity contribution in [2.45, 2.75) is 58.2 Å². The van der Waals surface area contributed by atoms with Gasteiger partial charge in [-0.25, -0.2) is 9.18 Å². The maximum absolute atomic E-state index is 13.6. The predicted molar refractivity (Wildman–Crippen MR) is 94.1 cm³/mol. The fourth-order valence-corrected chi connectivity index (χ4v) is 4.25. The third kappa shape index (κ3) is 3.34. The topological polar surface area (TPSA) is 66.8 Å². The van der Waals surface area contributed by atoms with E-state index in [1.54, 1.807) is 0 Å². The SMILES string of the molecule is CC(C)(C)C1CCC2(CC1)OC[C@@H](C(=O)O)N2C(=O)c1cccc(F)c1. The first kappa shape index (κ1) is 18.8. The van der Waals surface area contributed by atoms with Crippen LogP contribution in [0, 0.1) is 17.2 Å². The number of benzene rings is 1. The Morgan fingerprint density at radius 2 is 1.92 bits per heavy atom. The summed E-state index contributed by atoms with van der Waals surface area (Å²) in [6.07, 6.45) is 2.92. The van der Waals surface area contributed by atoms with Crippen molar-refractivity contribution in [2.75, 3.05) is 6.61 Å². The van der Waals surface area contributed by atoms with Gasteiger partial charge in [0, 0.05) is 5.56 Å². The highest BCUT2D eigenvalue weighted by atomic mass is 19.1. The van der Waals surface area contributed by atoms with E-state index in [2.05, 4.69) is 20.8 Å². The molecule has 2 fully saturated rings. The molecule has 1 spiro atoms. The molecule has 3 rings (SSSR count). The molecule has 1 saturated heterocycles. The number of nitrogens with zero attached hydrogens (tertiary/aromatic N) is 1. The van der Waals surface area contributed by atoms with Gasteiger partial charge in [-0.2, -0.15) is 0 Å². The summed E-state index contributed by atoms with van der Waals surface area (Å²) in [5, 5.41) is 9.58. The Hall–Kier alpha value is -1.95. The van der Waals surface area contributed by atoms with Crippen molar-refractivity contribution in [3.05, 3.63) is 35.6 Å². The number of halogens is 1. The molecule has 0 aromatic heterocycles. The van der Waals surface area contributed by atoms with Crippen molar-refractivity contribution in [3.63, 3.8) is 0 Å². The van der Waals surface area contributed by atoms with Crippen LogP contribution in [0.1, 0.15) is 56.8 Å². The molecule has 0 unspecified atom stereocenters. The summed E-state index contributed by atoms with van der Waals surface area (Å²) < 4.78 is 19.5. The zero-order chi connectivity index (χ0) is 19.1. The Kier molecular flexibility index (Phi) is 4.82. The number of carboxylic acids is 1. The fourth-order valence-electron chi connectivity index (χ4n) is 4.25. The molecule has 1 aromatic carbocycles. The van der Waals surface area contributed by atoms with Gasteiger partial charge >= 0.3 is 5.97 Å². The minimum atomic E-state index is -1.09. The van der Waals surface area contributed by atoms with Crippen LogP contribution in [0.2, 0.25) is 0 Å². The maximum Gasteiger partial charge on any atom is 0.328 e. The highest BCUT2D eigenvalue weighted by Crippen LogP contribution is 2.47. The van der Waals surface area contributed by atoms with E-state index in [4.69, 9.17) is 4.74 Å². The third-order valence-corrected chi connectivity index (χ3v) is 5.83. The van der Waals surface area contributed by atoms with Gasteiger partial charge in [-0.05, 0) is 55.2 Å². The average Bonchev–Trinajstić information content (AvgIpc) is 2.92. The zero-order valence-electron chi connectivity index (χ0n) is 15.5. The van der Waals surface area contributed by atoms with E-state index in [-0.39, 0.29) is 17.6 Å². The number of carbonyl (C=O) groups excluding carboxylic acids is 1. The second-order valence-corrected chi connectivity index (χ2v) is 8.44. The molecule has 1 saturated carbocycles. The van der Waals surface area contributed by atoms with Crippen LogP contribution in [0.25, 0.3) is 0 Å². The van der Waals surface area contributed by atoms with E-state index in [1.807, 2.05) is 0 Å². The van der Waals surface area contributed by atoms with Crippen LogP contribution in [0.3, 0.4) is 0 Å². The quantitative estimate of drug-likeness (QED) is 0.870. The van der Waals surface area contributed by atoms with Gasteiger partial charge in [0.25, 0.3) is 5.91 Å². The van der Waals surface area contributed by atoms with Crippen LogP contribution in [0.4, 0.5) is 4.39 Å². The fraction of sp³-hybridized carbons (Fsp3) is 0.600. The van der Waals surface area contributed by atoms with Crippen LogP contribution >= 0.6 is 0 Å². The highest BCUT2D eigenvalue weighted by molar-refractivity contribution is 5.97. The van der Waals surface area contributed by atoms with Gasteiger partial charge in [-0.3, -0.25) is 9.69 Å². The number of hydrogen-bond donors (Lipinski definition) is 1. The Morgan fingerprint density at radius 1 is 1.27 bits per heavy atom. The number of rotatable bonds is 2. The van der Waals surface area contributed by atoms with Gasteiger partial charge in [0.2, 0.25) is 0 Å². The van der Waals surface area contributed by atoms with Crippen LogP contribution in [-0.4, -0.2) is 40.3 Å². The standard InChI is InChI=1S/C20H26FNO4/c1-19(2,3)14-7-9-20(10-8-14)22(16(12-26-20)18(24)25)17(23)13-5-4-6-15(21)11-13/h4-6,11,14,16H,7-10,12H2,1-3H3,(H,24,25)/t14?,16-,20?/m0/s1. The lowest BCUT2D eigenvalue weighted by Gasteiger charge is -2.46. The van der Waals surface area contributed by atoms with Crippen molar-refractivity contribution < 1.29 is 23.8 Å². The number of aliphatic carboxylic acids is 1. The molecule has 142 valence electrons. The Morgan fingerprint density at radius 3 is 2.46 bits per heavy atom.